The quantitative estimate of drug-likeness (QED) is 0.892. The number of hydrogen-bond acceptors (Lipinski definition) is 2. The van der Waals surface area contributed by atoms with Crippen LogP contribution in [0, 0.1) is 6.92 Å². The Balaban J connectivity index is 2.10. The molecule has 0 radical (unpaired) electrons. The molecule has 19 heavy (non-hydrogen) atoms. The van der Waals surface area contributed by atoms with Crippen LogP contribution in [0.1, 0.15) is 42.1 Å². The lowest BCUT2D eigenvalue weighted by Crippen LogP contribution is -2.05. The molecule has 2 rings (SSSR count). The minimum Gasteiger partial charge on any atom is -0.316 e. The summed E-state index contributed by atoms with van der Waals surface area (Å²) in [4.78, 5) is 0. The van der Waals surface area contributed by atoms with Crippen LogP contribution in [-0.4, -0.2) is 16.8 Å². The van der Waals surface area contributed by atoms with Gasteiger partial charge < -0.3 is 5.32 Å². The number of aromatic nitrogens is 2. The molecule has 0 aliphatic rings. The molecular formula is C16H23N3. The summed E-state index contributed by atoms with van der Waals surface area (Å²) in [7, 11) is 1.96. The second-order valence-corrected chi connectivity index (χ2v) is 5.36. The summed E-state index contributed by atoms with van der Waals surface area (Å²) < 4.78 is 2.02. The van der Waals surface area contributed by atoms with Gasteiger partial charge in [-0.3, -0.25) is 4.68 Å². The van der Waals surface area contributed by atoms with Crippen LogP contribution >= 0.6 is 0 Å². The van der Waals surface area contributed by atoms with Gasteiger partial charge in [-0.05, 0) is 31.0 Å². The topological polar surface area (TPSA) is 29.9 Å². The summed E-state index contributed by atoms with van der Waals surface area (Å²) in [5.41, 5.74) is 5.05. The van der Waals surface area contributed by atoms with E-state index in [9.17, 15) is 0 Å². The van der Waals surface area contributed by atoms with Gasteiger partial charge in [0.25, 0.3) is 0 Å². The Bertz CT molecular complexity index is 523. The van der Waals surface area contributed by atoms with Crippen molar-refractivity contribution >= 4 is 0 Å². The van der Waals surface area contributed by atoms with Crippen molar-refractivity contribution in [2.45, 2.75) is 39.8 Å². The van der Waals surface area contributed by atoms with E-state index in [4.69, 9.17) is 0 Å². The minimum absolute atomic E-state index is 0.586. The van der Waals surface area contributed by atoms with Crippen LogP contribution in [0.5, 0.6) is 0 Å². The molecular weight excluding hydrogens is 234 g/mol. The largest absolute Gasteiger partial charge is 0.316 e. The first-order valence-corrected chi connectivity index (χ1v) is 6.86. The Morgan fingerprint density at radius 3 is 2.47 bits per heavy atom. The fraction of sp³-hybridized carbons (Fsp3) is 0.438. The summed E-state index contributed by atoms with van der Waals surface area (Å²) in [5, 5.41) is 7.73. The van der Waals surface area contributed by atoms with Gasteiger partial charge in [0.05, 0.1) is 12.2 Å². The van der Waals surface area contributed by atoms with Crippen molar-refractivity contribution < 1.29 is 0 Å². The molecule has 0 aliphatic heterocycles. The van der Waals surface area contributed by atoms with Crippen LogP contribution in [0.3, 0.4) is 0 Å². The van der Waals surface area contributed by atoms with Crippen molar-refractivity contribution in [1.29, 1.82) is 0 Å². The third-order valence-corrected chi connectivity index (χ3v) is 3.41. The Labute approximate surface area is 115 Å². The number of aryl methyl sites for hydroxylation is 1. The van der Waals surface area contributed by atoms with E-state index >= 15 is 0 Å². The number of rotatable bonds is 5. The molecule has 2 aromatic rings. The number of nitrogens with zero attached hydrogens (tertiary/aromatic N) is 2. The number of benzene rings is 1. The van der Waals surface area contributed by atoms with Crippen LogP contribution in [0.15, 0.2) is 30.5 Å². The van der Waals surface area contributed by atoms with Crippen LogP contribution in [0.2, 0.25) is 0 Å². The minimum atomic E-state index is 0.586. The van der Waals surface area contributed by atoms with E-state index in [1.54, 1.807) is 0 Å². The molecule has 0 spiro atoms. The smallest absolute Gasteiger partial charge is 0.0659 e. The molecule has 0 unspecified atom stereocenters. The summed E-state index contributed by atoms with van der Waals surface area (Å²) >= 11 is 0. The van der Waals surface area contributed by atoms with Crippen LogP contribution < -0.4 is 5.32 Å². The molecule has 0 aliphatic carbocycles. The monoisotopic (exact) mass is 257 g/mol. The first kappa shape index (κ1) is 13.8. The molecule has 102 valence electrons. The predicted octanol–water partition coefficient (Wildman–Crippen LogP) is 3.08. The molecule has 0 saturated heterocycles. The van der Waals surface area contributed by atoms with E-state index in [-0.39, 0.29) is 0 Å². The first-order valence-electron chi connectivity index (χ1n) is 6.86. The highest BCUT2D eigenvalue weighted by molar-refractivity contribution is 5.25. The van der Waals surface area contributed by atoms with Crippen molar-refractivity contribution in [2.24, 2.45) is 0 Å². The lowest BCUT2D eigenvalue weighted by molar-refractivity contribution is 0.678. The first-order chi connectivity index (χ1) is 9.10. The van der Waals surface area contributed by atoms with Gasteiger partial charge in [-0.1, -0.05) is 38.1 Å². The third-order valence-electron chi connectivity index (χ3n) is 3.41. The molecule has 1 heterocycles. The van der Waals surface area contributed by atoms with E-state index in [2.05, 4.69) is 61.6 Å². The van der Waals surface area contributed by atoms with Crippen LogP contribution in [0.25, 0.3) is 0 Å². The van der Waals surface area contributed by atoms with Gasteiger partial charge in [-0.15, -0.1) is 0 Å². The fourth-order valence-electron chi connectivity index (χ4n) is 2.20. The van der Waals surface area contributed by atoms with E-state index in [0.29, 0.717) is 5.92 Å². The zero-order chi connectivity index (χ0) is 13.8. The number of nitrogens with one attached hydrogen (secondary N) is 1. The SMILES string of the molecule is CNCc1cn(Cc2ccc(C(C)C)cc2)nc1C. The average molecular weight is 257 g/mol. The third kappa shape index (κ3) is 3.44. The zero-order valence-electron chi connectivity index (χ0n) is 12.3. The maximum atomic E-state index is 4.56. The molecule has 3 heteroatoms. The van der Waals surface area contributed by atoms with Crippen molar-refractivity contribution in [3.8, 4) is 0 Å². The van der Waals surface area contributed by atoms with Gasteiger partial charge in [-0.2, -0.15) is 5.10 Å². The van der Waals surface area contributed by atoms with Crippen LogP contribution in [0.4, 0.5) is 0 Å². The van der Waals surface area contributed by atoms with E-state index in [1.807, 2.05) is 11.7 Å². The second-order valence-electron chi connectivity index (χ2n) is 5.36. The maximum Gasteiger partial charge on any atom is 0.0659 e. The van der Waals surface area contributed by atoms with Crippen LogP contribution in [-0.2, 0) is 13.1 Å². The fourth-order valence-corrected chi connectivity index (χ4v) is 2.20. The van der Waals surface area contributed by atoms with Crippen molar-refractivity contribution in [2.75, 3.05) is 7.05 Å². The molecule has 0 amide bonds. The maximum absolute atomic E-state index is 4.56. The molecule has 1 aromatic heterocycles. The van der Waals surface area contributed by atoms with E-state index < -0.39 is 0 Å². The standard InChI is InChI=1S/C16H23N3/c1-12(2)15-7-5-14(6-8-15)10-19-11-16(9-17-4)13(3)18-19/h5-8,11-12,17H,9-10H2,1-4H3. The second kappa shape index (κ2) is 6.02. The predicted molar refractivity (Wildman–Crippen MR) is 79.4 cm³/mol. The summed E-state index contributed by atoms with van der Waals surface area (Å²) in [6.45, 7) is 8.21. The molecule has 0 fully saturated rings. The van der Waals surface area contributed by atoms with E-state index in [0.717, 1.165) is 18.8 Å². The average Bonchev–Trinajstić information content (AvgIpc) is 2.71. The Kier molecular flexibility index (Phi) is 4.38. The Morgan fingerprint density at radius 2 is 1.89 bits per heavy atom. The lowest BCUT2D eigenvalue weighted by Gasteiger charge is -2.07. The van der Waals surface area contributed by atoms with Gasteiger partial charge >= 0.3 is 0 Å². The highest BCUT2D eigenvalue weighted by atomic mass is 15.3. The molecule has 0 saturated carbocycles. The highest BCUT2D eigenvalue weighted by Crippen LogP contribution is 2.15. The Morgan fingerprint density at radius 1 is 1.21 bits per heavy atom. The summed E-state index contributed by atoms with van der Waals surface area (Å²) in [5.74, 6) is 0.586. The summed E-state index contributed by atoms with van der Waals surface area (Å²) in [6.07, 6.45) is 2.13. The lowest BCUT2D eigenvalue weighted by atomic mass is 10.0. The van der Waals surface area contributed by atoms with Gasteiger partial charge in [0.1, 0.15) is 0 Å². The molecule has 0 atom stereocenters. The summed E-state index contributed by atoms with van der Waals surface area (Å²) in [6, 6.07) is 8.82. The molecule has 3 nitrogen and oxygen atoms in total. The van der Waals surface area contributed by atoms with Crippen molar-refractivity contribution in [3.63, 3.8) is 0 Å². The van der Waals surface area contributed by atoms with E-state index in [1.165, 1.54) is 16.7 Å². The zero-order valence-corrected chi connectivity index (χ0v) is 12.3. The van der Waals surface area contributed by atoms with Crippen molar-refractivity contribution in [1.82, 2.24) is 15.1 Å². The van der Waals surface area contributed by atoms with Gasteiger partial charge in [0.2, 0.25) is 0 Å². The van der Waals surface area contributed by atoms with Gasteiger partial charge in [0.15, 0.2) is 0 Å². The van der Waals surface area contributed by atoms with Gasteiger partial charge in [0, 0.05) is 18.3 Å². The highest BCUT2D eigenvalue weighted by Gasteiger charge is 2.05. The molecule has 0 bridgehead atoms. The molecule has 1 aromatic carbocycles. The number of hydrogen-bond donors (Lipinski definition) is 1. The Hall–Kier alpha value is -1.61. The normalized spacial score (nSPS) is 11.2. The molecule has 1 N–H and O–H groups in total. The van der Waals surface area contributed by atoms with Crippen molar-refractivity contribution in [3.05, 3.63) is 52.8 Å². The van der Waals surface area contributed by atoms with Gasteiger partial charge in [-0.25, -0.2) is 0 Å².